The molecule has 0 amide bonds. The number of halogens is 2. The fourth-order valence-electron chi connectivity index (χ4n) is 1.80. The second kappa shape index (κ2) is 5.90. The van der Waals surface area contributed by atoms with Gasteiger partial charge in [-0.1, -0.05) is 42.0 Å². The van der Waals surface area contributed by atoms with Crippen LogP contribution in [0.4, 0.5) is 11.4 Å². The van der Waals surface area contributed by atoms with Crippen molar-refractivity contribution in [1.82, 2.24) is 0 Å². The van der Waals surface area contributed by atoms with Crippen LogP contribution in [0.2, 0.25) is 5.02 Å². The molecule has 0 bridgehead atoms. The van der Waals surface area contributed by atoms with Gasteiger partial charge in [-0.25, -0.2) is 0 Å². The molecule has 0 saturated heterocycles. The summed E-state index contributed by atoms with van der Waals surface area (Å²) >= 11 is 14.8. The molecule has 19 heavy (non-hydrogen) atoms. The largest absolute Gasteiger partial charge is 0.389 e. The Kier molecular flexibility index (Phi) is 4.45. The van der Waals surface area contributed by atoms with Crippen LogP contribution in [-0.2, 0) is 0 Å². The van der Waals surface area contributed by atoms with Gasteiger partial charge in [-0.05, 0) is 46.6 Å². The highest BCUT2D eigenvalue weighted by atomic mass is 79.9. The molecule has 2 aromatic rings. The van der Waals surface area contributed by atoms with Crippen molar-refractivity contribution in [2.24, 2.45) is 5.73 Å². The third-order valence-electron chi connectivity index (χ3n) is 2.74. The minimum atomic E-state index is 0.333. The normalized spacial score (nSPS) is 10.3. The number of thiocarbonyl (C=S) groups is 1. The summed E-state index contributed by atoms with van der Waals surface area (Å²) in [6.45, 7) is 1.99. The van der Waals surface area contributed by atoms with E-state index in [1.165, 1.54) is 0 Å². The van der Waals surface area contributed by atoms with E-state index in [-0.39, 0.29) is 0 Å². The number of nitrogens with one attached hydrogen (secondary N) is 1. The molecule has 0 unspecified atom stereocenters. The van der Waals surface area contributed by atoms with Crippen molar-refractivity contribution in [2.75, 3.05) is 5.32 Å². The molecule has 2 rings (SSSR count). The molecule has 0 fully saturated rings. The quantitative estimate of drug-likeness (QED) is 0.778. The van der Waals surface area contributed by atoms with Crippen LogP contribution >= 0.6 is 39.7 Å². The molecule has 0 aliphatic carbocycles. The Morgan fingerprint density at radius 1 is 1.26 bits per heavy atom. The van der Waals surface area contributed by atoms with Crippen LogP contribution in [0, 0.1) is 6.92 Å². The first-order valence-electron chi connectivity index (χ1n) is 5.61. The summed E-state index contributed by atoms with van der Waals surface area (Å²) in [6, 6.07) is 11.5. The first-order chi connectivity index (χ1) is 9.00. The van der Waals surface area contributed by atoms with Crippen LogP contribution in [0.5, 0.6) is 0 Å². The van der Waals surface area contributed by atoms with E-state index in [1.54, 1.807) is 0 Å². The number of aryl methyl sites for hydroxylation is 1. The van der Waals surface area contributed by atoms with E-state index in [4.69, 9.17) is 29.6 Å². The zero-order valence-corrected chi connectivity index (χ0v) is 13.4. The van der Waals surface area contributed by atoms with E-state index < -0.39 is 0 Å². The minimum absolute atomic E-state index is 0.333. The van der Waals surface area contributed by atoms with Crippen molar-refractivity contribution in [3.8, 4) is 0 Å². The second-order valence-electron chi connectivity index (χ2n) is 4.08. The van der Waals surface area contributed by atoms with E-state index in [9.17, 15) is 0 Å². The molecule has 0 spiro atoms. The van der Waals surface area contributed by atoms with E-state index in [1.807, 2.05) is 43.3 Å². The zero-order chi connectivity index (χ0) is 14.0. The molecule has 2 aromatic carbocycles. The first-order valence-corrected chi connectivity index (χ1v) is 7.19. The van der Waals surface area contributed by atoms with Gasteiger partial charge in [0.2, 0.25) is 0 Å². The fraction of sp³-hybridized carbons (Fsp3) is 0.0714. The van der Waals surface area contributed by atoms with Gasteiger partial charge in [-0.3, -0.25) is 0 Å². The third-order valence-corrected chi connectivity index (χ3v) is 3.92. The van der Waals surface area contributed by atoms with Gasteiger partial charge in [-0.15, -0.1) is 0 Å². The highest BCUT2D eigenvalue weighted by molar-refractivity contribution is 9.10. The number of para-hydroxylation sites is 1. The highest BCUT2D eigenvalue weighted by Crippen LogP contribution is 2.32. The third kappa shape index (κ3) is 3.08. The van der Waals surface area contributed by atoms with Gasteiger partial charge in [-0.2, -0.15) is 0 Å². The predicted octanol–water partition coefficient (Wildman–Crippen LogP) is 4.79. The van der Waals surface area contributed by atoms with Crippen LogP contribution < -0.4 is 11.1 Å². The van der Waals surface area contributed by atoms with Crippen LogP contribution in [0.3, 0.4) is 0 Å². The lowest BCUT2D eigenvalue weighted by molar-refractivity contribution is 1.42. The zero-order valence-electron chi connectivity index (χ0n) is 10.2. The van der Waals surface area contributed by atoms with Crippen LogP contribution in [0.15, 0.2) is 40.9 Å². The Balaban J connectivity index is 2.50. The molecule has 2 nitrogen and oxygen atoms in total. The average molecular weight is 356 g/mol. The van der Waals surface area contributed by atoms with Gasteiger partial charge in [0, 0.05) is 15.7 Å². The summed E-state index contributed by atoms with van der Waals surface area (Å²) < 4.78 is 0.856. The van der Waals surface area contributed by atoms with Gasteiger partial charge in [0.05, 0.1) is 10.7 Å². The Hall–Kier alpha value is -1.10. The fourth-order valence-corrected chi connectivity index (χ4v) is 3.00. The molecular weight excluding hydrogens is 344 g/mol. The minimum Gasteiger partial charge on any atom is -0.389 e. The summed E-state index contributed by atoms with van der Waals surface area (Å²) in [5.74, 6) is 0. The molecule has 0 aliphatic heterocycles. The summed E-state index contributed by atoms with van der Waals surface area (Å²) in [6.07, 6.45) is 0. The van der Waals surface area contributed by atoms with Crippen molar-refractivity contribution in [3.63, 3.8) is 0 Å². The highest BCUT2D eigenvalue weighted by Gasteiger charge is 2.11. The lowest BCUT2D eigenvalue weighted by Gasteiger charge is -2.15. The predicted molar refractivity (Wildman–Crippen MR) is 89.5 cm³/mol. The van der Waals surface area contributed by atoms with Crippen molar-refractivity contribution in [2.45, 2.75) is 6.92 Å². The molecule has 3 N–H and O–H groups in total. The van der Waals surface area contributed by atoms with E-state index in [2.05, 4.69) is 21.2 Å². The topological polar surface area (TPSA) is 38.0 Å². The summed E-state index contributed by atoms with van der Waals surface area (Å²) in [7, 11) is 0. The van der Waals surface area contributed by atoms with Gasteiger partial charge < -0.3 is 11.1 Å². The molecule has 0 radical (unpaired) electrons. The number of benzene rings is 2. The van der Waals surface area contributed by atoms with Gasteiger partial charge in [0.15, 0.2) is 0 Å². The second-order valence-corrected chi connectivity index (χ2v) is 5.78. The Bertz CT molecular complexity index is 623. The van der Waals surface area contributed by atoms with E-state index in [0.717, 1.165) is 27.0 Å². The van der Waals surface area contributed by atoms with Crippen LogP contribution in [0.25, 0.3) is 0 Å². The SMILES string of the molecule is Cc1cccc(Cl)c1Nc1cccc(Br)c1C(N)=S. The maximum Gasteiger partial charge on any atom is 0.107 e. The van der Waals surface area contributed by atoms with Crippen LogP contribution in [0.1, 0.15) is 11.1 Å². The van der Waals surface area contributed by atoms with Gasteiger partial charge >= 0.3 is 0 Å². The molecule has 0 saturated carbocycles. The maximum atomic E-state index is 6.21. The van der Waals surface area contributed by atoms with E-state index >= 15 is 0 Å². The Morgan fingerprint density at radius 2 is 1.95 bits per heavy atom. The lowest BCUT2D eigenvalue weighted by Crippen LogP contribution is -2.13. The van der Waals surface area contributed by atoms with Crippen molar-refractivity contribution in [3.05, 3.63) is 57.0 Å². The van der Waals surface area contributed by atoms with Crippen molar-refractivity contribution in [1.29, 1.82) is 0 Å². The van der Waals surface area contributed by atoms with Gasteiger partial charge in [0.25, 0.3) is 0 Å². The molecular formula is C14H12BrClN2S. The summed E-state index contributed by atoms with van der Waals surface area (Å²) in [5, 5.41) is 3.96. The smallest absolute Gasteiger partial charge is 0.107 e. The number of nitrogens with two attached hydrogens (primary N) is 1. The molecule has 0 atom stereocenters. The number of rotatable bonds is 3. The maximum absolute atomic E-state index is 6.21. The molecule has 0 aliphatic rings. The number of anilines is 2. The Morgan fingerprint density at radius 3 is 2.58 bits per heavy atom. The van der Waals surface area contributed by atoms with Crippen molar-refractivity contribution >= 4 is 56.1 Å². The molecule has 0 heterocycles. The molecule has 5 heteroatoms. The summed E-state index contributed by atoms with van der Waals surface area (Å²) in [4.78, 5) is 0.333. The van der Waals surface area contributed by atoms with Gasteiger partial charge in [0.1, 0.15) is 4.99 Å². The number of hydrogen-bond acceptors (Lipinski definition) is 2. The van der Waals surface area contributed by atoms with E-state index in [0.29, 0.717) is 10.0 Å². The average Bonchev–Trinajstić information content (AvgIpc) is 2.33. The van der Waals surface area contributed by atoms with Crippen LogP contribution in [-0.4, -0.2) is 4.99 Å². The monoisotopic (exact) mass is 354 g/mol. The first kappa shape index (κ1) is 14.3. The number of hydrogen-bond donors (Lipinski definition) is 2. The molecule has 98 valence electrons. The summed E-state index contributed by atoms with van der Waals surface area (Å²) in [5.41, 5.74) is 9.30. The Labute approximate surface area is 131 Å². The van der Waals surface area contributed by atoms with Crippen molar-refractivity contribution < 1.29 is 0 Å². The molecule has 0 aromatic heterocycles. The lowest BCUT2D eigenvalue weighted by atomic mass is 10.1. The standard InChI is InChI=1S/C14H12BrClN2S/c1-8-4-2-6-10(16)13(8)18-11-7-3-5-9(15)12(11)14(17)19/h2-7,18H,1H3,(H2,17,19).